The molecule has 2 nitrogen and oxygen atoms in total. The van der Waals surface area contributed by atoms with Gasteiger partial charge in [0.15, 0.2) is 0 Å². The Morgan fingerprint density at radius 1 is 0.882 bits per heavy atom. The molecule has 1 amide bonds. The van der Waals surface area contributed by atoms with Crippen molar-refractivity contribution in [2.45, 2.75) is 38.8 Å². The first kappa shape index (κ1) is 23.6. The minimum absolute atomic E-state index is 0.0461. The molecule has 170 valence electrons. The van der Waals surface area contributed by atoms with E-state index in [4.69, 9.17) is 11.6 Å². The Bertz CT molecular complexity index is 1320. The monoisotopic (exact) mass is 465 g/mol. The molecule has 0 aliphatic carbocycles. The fourth-order valence-electron chi connectivity index (χ4n) is 4.35. The van der Waals surface area contributed by atoms with E-state index < -0.39 is 0 Å². The van der Waals surface area contributed by atoms with E-state index in [1.807, 2.05) is 71.6 Å². The Labute approximate surface area is 207 Å². The molecule has 0 fully saturated rings. The maximum Gasteiger partial charge on any atom is 0.220 e. The van der Waals surface area contributed by atoms with Crippen molar-refractivity contribution >= 4 is 28.3 Å². The summed E-state index contributed by atoms with van der Waals surface area (Å²) < 4.78 is 0. The standard InChI is InChI=1S/C31H28ClNO/c1-23(33(24(2)34)22-26-15-16-27-12-6-7-13-29(27)21-26)31(28-17-19-30(32)20-18-28)14-8-11-25-9-4-3-5-10-25/h3-7,9-10,12-13,15-21,23,31H,14,22H2,1-2H3. The minimum Gasteiger partial charge on any atom is -0.335 e. The second-order valence-electron chi connectivity index (χ2n) is 8.60. The topological polar surface area (TPSA) is 20.3 Å². The maximum absolute atomic E-state index is 12.8. The number of carbonyl (C=O) groups is 1. The number of benzene rings is 4. The van der Waals surface area contributed by atoms with Gasteiger partial charge in [-0.05, 0) is 59.2 Å². The Kier molecular flexibility index (Phi) is 7.68. The number of hydrogen-bond donors (Lipinski definition) is 0. The van der Waals surface area contributed by atoms with E-state index >= 15 is 0 Å². The predicted octanol–water partition coefficient (Wildman–Crippen LogP) is 7.46. The molecule has 2 unspecified atom stereocenters. The van der Waals surface area contributed by atoms with Crippen molar-refractivity contribution in [3.63, 3.8) is 0 Å². The van der Waals surface area contributed by atoms with Crippen molar-refractivity contribution in [1.82, 2.24) is 4.90 Å². The smallest absolute Gasteiger partial charge is 0.220 e. The number of rotatable bonds is 6. The van der Waals surface area contributed by atoms with E-state index in [9.17, 15) is 4.79 Å². The third kappa shape index (κ3) is 5.87. The van der Waals surface area contributed by atoms with Crippen LogP contribution in [0.2, 0.25) is 5.02 Å². The van der Waals surface area contributed by atoms with Crippen molar-refractivity contribution < 1.29 is 4.79 Å². The lowest BCUT2D eigenvalue weighted by atomic mass is 9.88. The Morgan fingerprint density at radius 2 is 1.56 bits per heavy atom. The lowest BCUT2D eigenvalue weighted by Crippen LogP contribution is -2.40. The zero-order valence-electron chi connectivity index (χ0n) is 19.5. The second kappa shape index (κ2) is 11.1. The molecule has 4 rings (SSSR count). The van der Waals surface area contributed by atoms with E-state index in [-0.39, 0.29) is 17.9 Å². The highest BCUT2D eigenvalue weighted by molar-refractivity contribution is 6.30. The van der Waals surface area contributed by atoms with Gasteiger partial charge in [0, 0.05) is 42.4 Å². The molecule has 34 heavy (non-hydrogen) atoms. The van der Waals surface area contributed by atoms with Crippen molar-refractivity contribution in [1.29, 1.82) is 0 Å². The SMILES string of the molecule is CC(=O)N(Cc1ccc2ccccc2c1)C(C)C(CC#Cc1ccccc1)c1ccc(Cl)cc1. The average molecular weight is 466 g/mol. The van der Waals surface area contributed by atoms with Crippen LogP contribution in [0.1, 0.15) is 42.9 Å². The van der Waals surface area contributed by atoms with Crippen LogP contribution in [0.3, 0.4) is 0 Å². The van der Waals surface area contributed by atoms with Gasteiger partial charge in [-0.2, -0.15) is 0 Å². The van der Waals surface area contributed by atoms with Gasteiger partial charge < -0.3 is 4.90 Å². The van der Waals surface area contributed by atoms with Gasteiger partial charge in [-0.15, -0.1) is 0 Å². The summed E-state index contributed by atoms with van der Waals surface area (Å²) in [7, 11) is 0. The lowest BCUT2D eigenvalue weighted by molar-refractivity contribution is -0.132. The number of halogens is 1. The van der Waals surface area contributed by atoms with Crippen LogP contribution >= 0.6 is 11.6 Å². The molecule has 0 spiro atoms. The second-order valence-corrected chi connectivity index (χ2v) is 9.04. The van der Waals surface area contributed by atoms with Crippen LogP contribution in [0, 0.1) is 11.8 Å². The molecule has 0 bridgehead atoms. The largest absolute Gasteiger partial charge is 0.335 e. The molecule has 2 atom stereocenters. The summed E-state index contributed by atoms with van der Waals surface area (Å²) in [5.41, 5.74) is 3.24. The first-order chi connectivity index (χ1) is 16.5. The van der Waals surface area contributed by atoms with Crippen LogP contribution in [0.4, 0.5) is 0 Å². The molecule has 0 saturated carbocycles. The quantitative estimate of drug-likeness (QED) is 0.271. The molecule has 0 radical (unpaired) electrons. The normalized spacial score (nSPS) is 12.4. The van der Waals surface area contributed by atoms with Gasteiger partial charge in [-0.25, -0.2) is 0 Å². The molecule has 0 N–H and O–H groups in total. The number of fused-ring (bicyclic) bond motifs is 1. The van der Waals surface area contributed by atoms with Crippen LogP contribution in [0.5, 0.6) is 0 Å². The summed E-state index contributed by atoms with van der Waals surface area (Å²) in [6.45, 7) is 4.32. The molecule has 0 heterocycles. The van der Waals surface area contributed by atoms with Gasteiger partial charge in [-0.3, -0.25) is 4.79 Å². The summed E-state index contributed by atoms with van der Waals surface area (Å²) in [6.07, 6.45) is 0.638. The van der Waals surface area contributed by atoms with Crippen LogP contribution in [0.25, 0.3) is 10.8 Å². The number of carbonyl (C=O) groups excluding carboxylic acids is 1. The van der Waals surface area contributed by atoms with Gasteiger partial charge in [0.05, 0.1) is 0 Å². The summed E-state index contributed by atoms with van der Waals surface area (Å²) in [5.74, 6) is 6.73. The zero-order chi connectivity index (χ0) is 23.9. The van der Waals surface area contributed by atoms with Gasteiger partial charge in [0.2, 0.25) is 5.91 Å². The maximum atomic E-state index is 12.8. The summed E-state index contributed by atoms with van der Waals surface area (Å²) in [6, 6.07) is 32.5. The van der Waals surface area contributed by atoms with E-state index in [1.54, 1.807) is 6.92 Å². The number of nitrogens with zero attached hydrogens (tertiary/aromatic N) is 1. The van der Waals surface area contributed by atoms with E-state index in [1.165, 1.54) is 10.8 Å². The third-order valence-electron chi connectivity index (χ3n) is 6.27. The molecule has 4 aromatic carbocycles. The molecular formula is C31H28ClNO. The molecule has 0 aromatic heterocycles. The minimum atomic E-state index is -0.0461. The Morgan fingerprint density at radius 3 is 2.26 bits per heavy atom. The van der Waals surface area contributed by atoms with Gasteiger partial charge in [-0.1, -0.05) is 90.2 Å². The molecule has 3 heteroatoms. The molecular weight excluding hydrogens is 438 g/mol. The van der Waals surface area contributed by atoms with E-state index in [0.29, 0.717) is 18.0 Å². The Balaban J connectivity index is 1.62. The van der Waals surface area contributed by atoms with Crippen LogP contribution in [-0.2, 0) is 11.3 Å². The van der Waals surface area contributed by atoms with Crippen molar-refractivity contribution in [3.8, 4) is 11.8 Å². The molecule has 0 saturated heterocycles. The lowest BCUT2D eigenvalue weighted by Gasteiger charge is -2.34. The predicted molar refractivity (Wildman–Crippen MR) is 142 cm³/mol. The molecule has 0 aliphatic rings. The number of hydrogen-bond acceptors (Lipinski definition) is 1. The first-order valence-electron chi connectivity index (χ1n) is 11.6. The van der Waals surface area contributed by atoms with Crippen molar-refractivity contribution in [2.75, 3.05) is 0 Å². The van der Waals surface area contributed by atoms with Crippen LogP contribution in [-0.4, -0.2) is 16.8 Å². The third-order valence-corrected chi connectivity index (χ3v) is 6.52. The van der Waals surface area contributed by atoms with Crippen molar-refractivity contribution in [3.05, 3.63) is 119 Å². The first-order valence-corrected chi connectivity index (χ1v) is 11.9. The summed E-state index contributed by atoms with van der Waals surface area (Å²) >= 11 is 6.16. The van der Waals surface area contributed by atoms with Gasteiger partial charge in [0.1, 0.15) is 0 Å². The van der Waals surface area contributed by atoms with E-state index in [2.05, 4.69) is 49.1 Å². The van der Waals surface area contributed by atoms with Crippen LogP contribution < -0.4 is 0 Å². The van der Waals surface area contributed by atoms with Crippen LogP contribution in [0.15, 0.2) is 97.1 Å². The van der Waals surface area contributed by atoms with E-state index in [0.717, 1.165) is 16.7 Å². The Hall–Kier alpha value is -3.54. The fourth-order valence-corrected chi connectivity index (χ4v) is 4.48. The average Bonchev–Trinajstić information content (AvgIpc) is 2.86. The summed E-state index contributed by atoms with van der Waals surface area (Å²) in [5, 5.41) is 3.08. The molecule has 0 aliphatic heterocycles. The highest BCUT2D eigenvalue weighted by atomic mass is 35.5. The highest BCUT2D eigenvalue weighted by Crippen LogP contribution is 2.29. The fraction of sp³-hybridized carbons (Fsp3) is 0.194. The summed E-state index contributed by atoms with van der Waals surface area (Å²) in [4.78, 5) is 14.8. The highest BCUT2D eigenvalue weighted by Gasteiger charge is 2.26. The van der Waals surface area contributed by atoms with Crippen molar-refractivity contribution in [2.24, 2.45) is 0 Å². The zero-order valence-corrected chi connectivity index (χ0v) is 20.3. The van der Waals surface area contributed by atoms with Gasteiger partial charge in [0.25, 0.3) is 0 Å². The van der Waals surface area contributed by atoms with Gasteiger partial charge >= 0.3 is 0 Å². The number of amides is 1. The molecule has 4 aromatic rings.